The minimum absolute atomic E-state index is 0.639. The molecule has 3 heteroatoms. The molecular formula is C16H25NO2. The number of methoxy groups -OCH3 is 2. The fraction of sp³-hybridized carbons (Fsp3) is 0.625. The summed E-state index contributed by atoms with van der Waals surface area (Å²) in [6.07, 6.45) is 1.26. The first kappa shape index (κ1) is 14.2. The van der Waals surface area contributed by atoms with E-state index < -0.39 is 0 Å². The summed E-state index contributed by atoms with van der Waals surface area (Å²) < 4.78 is 10.7. The standard InChI is InChI=1S/C16H25NO2/c1-11(2)9-17-10-12-7-15(12)14-6-5-13(18-3)8-16(14)19-4/h5-6,8,11-12,15,17H,7,9-10H2,1-4H3. The van der Waals surface area contributed by atoms with Crippen LogP contribution >= 0.6 is 0 Å². The third-order valence-electron chi connectivity index (χ3n) is 3.72. The maximum absolute atomic E-state index is 5.48. The van der Waals surface area contributed by atoms with Crippen molar-refractivity contribution in [3.8, 4) is 11.5 Å². The number of hydrogen-bond acceptors (Lipinski definition) is 3. The number of nitrogens with one attached hydrogen (secondary N) is 1. The zero-order valence-electron chi connectivity index (χ0n) is 12.4. The lowest BCUT2D eigenvalue weighted by atomic mass is 10.1. The molecule has 3 nitrogen and oxygen atoms in total. The minimum Gasteiger partial charge on any atom is -0.497 e. The highest BCUT2D eigenvalue weighted by molar-refractivity contribution is 5.45. The Morgan fingerprint density at radius 1 is 1.26 bits per heavy atom. The van der Waals surface area contributed by atoms with Gasteiger partial charge in [0, 0.05) is 6.07 Å². The summed E-state index contributed by atoms with van der Waals surface area (Å²) in [5.41, 5.74) is 1.32. The van der Waals surface area contributed by atoms with Crippen LogP contribution in [0.25, 0.3) is 0 Å². The molecule has 1 aromatic carbocycles. The van der Waals surface area contributed by atoms with Gasteiger partial charge in [-0.2, -0.15) is 0 Å². The highest BCUT2D eigenvalue weighted by atomic mass is 16.5. The summed E-state index contributed by atoms with van der Waals surface area (Å²) in [6, 6.07) is 6.14. The summed E-state index contributed by atoms with van der Waals surface area (Å²) in [6.45, 7) is 6.69. The first-order valence-electron chi connectivity index (χ1n) is 7.08. The molecule has 0 spiro atoms. The van der Waals surface area contributed by atoms with Gasteiger partial charge in [0.15, 0.2) is 0 Å². The molecule has 1 fully saturated rings. The van der Waals surface area contributed by atoms with Gasteiger partial charge >= 0.3 is 0 Å². The first-order valence-corrected chi connectivity index (χ1v) is 7.08. The number of benzene rings is 1. The SMILES string of the molecule is COc1ccc(C2CC2CNCC(C)C)c(OC)c1. The number of hydrogen-bond donors (Lipinski definition) is 1. The van der Waals surface area contributed by atoms with E-state index in [1.165, 1.54) is 12.0 Å². The maximum Gasteiger partial charge on any atom is 0.126 e. The van der Waals surface area contributed by atoms with Crippen LogP contribution in [0.2, 0.25) is 0 Å². The molecule has 19 heavy (non-hydrogen) atoms. The Kier molecular flexibility index (Phi) is 4.70. The van der Waals surface area contributed by atoms with E-state index in [4.69, 9.17) is 9.47 Å². The van der Waals surface area contributed by atoms with E-state index in [-0.39, 0.29) is 0 Å². The smallest absolute Gasteiger partial charge is 0.126 e. The average Bonchev–Trinajstić information content (AvgIpc) is 3.17. The van der Waals surface area contributed by atoms with Crippen molar-refractivity contribution in [3.05, 3.63) is 23.8 Å². The van der Waals surface area contributed by atoms with E-state index in [0.717, 1.165) is 30.5 Å². The van der Waals surface area contributed by atoms with Crippen LogP contribution in [0.3, 0.4) is 0 Å². The zero-order valence-corrected chi connectivity index (χ0v) is 12.4. The minimum atomic E-state index is 0.639. The summed E-state index contributed by atoms with van der Waals surface area (Å²) >= 11 is 0. The Hall–Kier alpha value is -1.22. The Labute approximate surface area is 116 Å². The van der Waals surface area contributed by atoms with Crippen molar-refractivity contribution in [1.29, 1.82) is 0 Å². The van der Waals surface area contributed by atoms with Crippen LogP contribution in [0, 0.1) is 11.8 Å². The highest BCUT2D eigenvalue weighted by Crippen LogP contribution is 2.50. The molecule has 1 aliphatic carbocycles. The van der Waals surface area contributed by atoms with Crippen LogP contribution in [-0.2, 0) is 0 Å². The molecule has 0 saturated heterocycles. The molecule has 0 amide bonds. The fourth-order valence-electron chi connectivity index (χ4n) is 2.54. The van der Waals surface area contributed by atoms with Gasteiger partial charge in [0.25, 0.3) is 0 Å². The van der Waals surface area contributed by atoms with Gasteiger partial charge in [-0.1, -0.05) is 19.9 Å². The topological polar surface area (TPSA) is 30.5 Å². The quantitative estimate of drug-likeness (QED) is 0.820. The van der Waals surface area contributed by atoms with E-state index in [0.29, 0.717) is 11.8 Å². The van der Waals surface area contributed by atoms with Crippen molar-refractivity contribution in [2.24, 2.45) is 11.8 Å². The van der Waals surface area contributed by atoms with Crippen molar-refractivity contribution in [1.82, 2.24) is 5.32 Å². The lowest BCUT2D eigenvalue weighted by Crippen LogP contribution is -2.22. The summed E-state index contributed by atoms with van der Waals surface area (Å²) in [5, 5.41) is 3.54. The second kappa shape index (κ2) is 6.29. The van der Waals surface area contributed by atoms with Crippen LogP contribution in [0.15, 0.2) is 18.2 Å². The molecule has 0 heterocycles. The Balaban J connectivity index is 1.93. The molecule has 1 saturated carbocycles. The van der Waals surface area contributed by atoms with Crippen molar-refractivity contribution in [2.45, 2.75) is 26.2 Å². The van der Waals surface area contributed by atoms with Crippen LogP contribution in [0.5, 0.6) is 11.5 Å². The largest absolute Gasteiger partial charge is 0.497 e. The summed E-state index contributed by atoms with van der Waals surface area (Å²) in [5.74, 6) is 3.92. The second-order valence-electron chi connectivity index (χ2n) is 5.76. The normalized spacial score (nSPS) is 21.5. The monoisotopic (exact) mass is 263 g/mol. The third-order valence-corrected chi connectivity index (χ3v) is 3.72. The second-order valence-corrected chi connectivity index (χ2v) is 5.76. The molecule has 2 atom stereocenters. The van der Waals surface area contributed by atoms with Crippen molar-refractivity contribution in [3.63, 3.8) is 0 Å². The molecule has 106 valence electrons. The predicted octanol–water partition coefficient (Wildman–Crippen LogP) is 3.05. The zero-order chi connectivity index (χ0) is 13.8. The Morgan fingerprint density at radius 2 is 2.05 bits per heavy atom. The van der Waals surface area contributed by atoms with Crippen LogP contribution < -0.4 is 14.8 Å². The van der Waals surface area contributed by atoms with Gasteiger partial charge in [-0.15, -0.1) is 0 Å². The molecule has 1 aliphatic rings. The van der Waals surface area contributed by atoms with Gasteiger partial charge in [-0.05, 0) is 48.9 Å². The molecular weight excluding hydrogens is 238 g/mol. The lowest BCUT2D eigenvalue weighted by molar-refractivity contribution is 0.390. The van der Waals surface area contributed by atoms with Crippen molar-refractivity contribution < 1.29 is 9.47 Å². The summed E-state index contributed by atoms with van der Waals surface area (Å²) in [4.78, 5) is 0. The Bertz CT molecular complexity index is 417. The molecule has 0 bridgehead atoms. The van der Waals surface area contributed by atoms with E-state index in [2.05, 4.69) is 25.2 Å². The van der Waals surface area contributed by atoms with Gasteiger partial charge in [-0.3, -0.25) is 0 Å². The Morgan fingerprint density at radius 3 is 2.68 bits per heavy atom. The molecule has 2 unspecified atom stereocenters. The van der Waals surface area contributed by atoms with Crippen LogP contribution in [0.4, 0.5) is 0 Å². The van der Waals surface area contributed by atoms with E-state index in [1.54, 1.807) is 14.2 Å². The van der Waals surface area contributed by atoms with Gasteiger partial charge in [-0.25, -0.2) is 0 Å². The molecule has 0 aromatic heterocycles. The molecule has 1 N–H and O–H groups in total. The highest BCUT2D eigenvalue weighted by Gasteiger charge is 2.39. The van der Waals surface area contributed by atoms with Crippen LogP contribution in [-0.4, -0.2) is 27.3 Å². The van der Waals surface area contributed by atoms with Gasteiger partial charge in [0.2, 0.25) is 0 Å². The fourth-order valence-corrected chi connectivity index (χ4v) is 2.54. The van der Waals surface area contributed by atoms with Gasteiger partial charge < -0.3 is 14.8 Å². The van der Waals surface area contributed by atoms with E-state index >= 15 is 0 Å². The first-order chi connectivity index (χ1) is 9.15. The maximum atomic E-state index is 5.48. The molecule has 0 aliphatic heterocycles. The lowest BCUT2D eigenvalue weighted by Gasteiger charge is -2.11. The summed E-state index contributed by atoms with van der Waals surface area (Å²) in [7, 11) is 3.41. The van der Waals surface area contributed by atoms with Crippen LogP contribution in [0.1, 0.15) is 31.7 Å². The molecule has 2 rings (SSSR count). The van der Waals surface area contributed by atoms with Gasteiger partial charge in [0.1, 0.15) is 11.5 Å². The van der Waals surface area contributed by atoms with Crippen molar-refractivity contribution >= 4 is 0 Å². The predicted molar refractivity (Wildman–Crippen MR) is 78.1 cm³/mol. The van der Waals surface area contributed by atoms with E-state index in [1.807, 2.05) is 12.1 Å². The van der Waals surface area contributed by atoms with Gasteiger partial charge in [0.05, 0.1) is 14.2 Å². The third kappa shape index (κ3) is 3.63. The van der Waals surface area contributed by atoms with E-state index in [9.17, 15) is 0 Å². The molecule has 0 radical (unpaired) electrons. The number of rotatable bonds is 7. The van der Waals surface area contributed by atoms with Crippen molar-refractivity contribution in [2.75, 3.05) is 27.3 Å². The number of ether oxygens (including phenoxy) is 2. The molecule has 1 aromatic rings. The average molecular weight is 263 g/mol.